The Hall–Kier alpha value is -0.0400. The number of nitrogens with two attached hydrogens (primary N) is 1. The van der Waals surface area contributed by atoms with E-state index in [0.29, 0.717) is 6.04 Å². The summed E-state index contributed by atoms with van der Waals surface area (Å²) in [7, 11) is 0. The maximum Gasteiger partial charge on any atom is 0.00645 e. The lowest BCUT2D eigenvalue weighted by Crippen LogP contribution is -2.30. The Morgan fingerprint density at radius 1 is 1.17 bits per heavy atom. The summed E-state index contributed by atoms with van der Waals surface area (Å²) in [4.78, 5) is 0. The van der Waals surface area contributed by atoms with Gasteiger partial charge in [0.1, 0.15) is 0 Å². The lowest BCUT2D eigenvalue weighted by molar-refractivity contribution is 0.300. The van der Waals surface area contributed by atoms with Crippen LogP contribution < -0.4 is 5.73 Å². The minimum atomic E-state index is 0.486. The van der Waals surface area contributed by atoms with Gasteiger partial charge in [0.15, 0.2) is 0 Å². The fraction of sp³-hybridized carbons (Fsp3) is 1.00. The molecule has 1 atom stereocenters. The maximum absolute atomic E-state index is 5.95. The molecule has 0 aliphatic heterocycles. The molecule has 2 N–H and O–H groups in total. The average molecular weight is 171 g/mol. The number of rotatable bonds is 2. The topological polar surface area (TPSA) is 26.0 Å². The normalized spacial score (nSPS) is 21.0. The van der Waals surface area contributed by atoms with Crippen molar-refractivity contribution in [1.82, 2.24) is 0 Å². The van der Waals surface area contributed by atoms with Gasteiger partial charge in [-0.3, -0.25) is 0 Å². The van der Waals surface area contributed by atoms with E-state index in [4.69, 9.17) is 5.73 Å². The molecule has 1 heteroatoms. The highest BCUT2D eigenvalue weighted by Gasteiger charge is 2.18. The van der Waals surface area contributed by atoms with Crippen LogP contribution in [0.1, 0.15) is 59.3 Å². The summed E-state index contributed by atoms with van der Waals surface area (Å²) in [5, 5.41) is 0. The van der Waals surface area contributed by atoms with Gasteiger partial charge in [0.25, 0.3) is 0 Å². The van der Waals surface area contributed by atoms with Crippen molar-refractivity contribution >= 4 is 0 Å². The summed E-state index contributed by atoms with van der Waals surface area (Å²) >= 11 is 0. The largest absolute Gasteiger partial charge is 0.327 e. The van der Waals surface area contributed by atoms with E-state index in [1.807, 2.05) is 13.8 Å². The Morgan fingerprint density at radius 2 is 1.67 bits per heavy atom. The fourth-order valence-electron chi connectivity index (χ4n) is 1.90. The highest BCUT2D eigenvalue weighted by atomic mass is 14.6. The van der Waals surface area contributed by atoms with Crippen LogP contribution in [0.5, 0.6) is 0 Å². The SMILES string of the molecule is CC.CCC(N)C1CCCCC1. The van der Waals surface area contributed by atoms with Crippen molar-refractivity contribution in [3.05, 3.63) is 0 Å². The van der Waals surface area contributed by atoms with Gasteiger partial charge in [-0.05, 0) is 25.2 Å². The van der Waals surface area contributed by atoms with Gasteiger partial charge in [-0.1, -0.05) is 40.0 Å². The van der Waals surface area contributed by atoms with Gasteiger partial charge in [-0.15, -0.1) is 0 Å². The fourth-order valence-corrected chi connectivity index (χ4v) is 1.90. The molecule has 1 aliphatic rings. The van der Waals surface area contributed by atoms with E-state index in [0.717, 1.165) is 12.3 Å². The molecule has 1 aliphatic carbocycles. The molecule has 1 nitrogen and oxygen atoms in total. The lowest BCUT2D eigenvalue weighted by atomic mass is 9.83. The molecule has 74 valence electrons. The van der Waals surface area contributed by atoms with E-state index in [-0.39, 0.29) is 0 Å². The first-order valence-corrected chi connectivity index (χ1v) is 5.60. The predicted octanol–water partition coefficient (Wildman–Crippen LogP) is 3.33. The third-order valence-corrected chi connectivity index (χ3v) is 2.73. The summed E-state index contributed by atoms with van der Waals surface area (Å²) < 4.78 is 0. The molecule has 1 unspecified atom stereocenters. The van der Waals surface area contributed by atoms with Crippen LogP contribution in [0.25, 0.3) is 0 Å². The average Bonchev–Trinajstić information content (AvgIpc) is 2.21. The first kappa shape index (κ1) is 12.0. The summed E-state index contributed by atoms with van der Waals surface area (Å²) in [6, 6.07) is 0.486. The van der Waals surface area contributed by atoms with Crippen molar-refractivity contribution in [2.24, 2.45) is 11.7 Å². The molecule has 1 saturated carbocycles. The zero-order valence-corrected chi connectivity index (χ0v) is 8.97. The van der Waals surface area contributed by atoms with Crippen molar-refractivity contribution in [3.8, 4) is 0 Å². The molecule has 12 heavy (non-hydrogen) atoms. The zero-order chi connectivity index (χ0) is 9.40. The second-order valence-corrected chi connectivity index (χ2v) is 3.47. The Labute approximate surface area is 77.7 Å². The Kier molecular flexibility index (Phi) is 7.58. The van der Waals surface area contributed by atoms with E-state index >= 15 is 0 Å². The molecule has 0 bridgehead atoms. The van der Waals surface area contributed by atoms with Crippen LogP contribution in [-0.2, 0) is 0 Å². The molecular formula is C11H25N. The van der Waals surface area contributed by atoms with Crippen LogP contribution in [0.15, 0.2) is 0 Å². The van der Waals surface area contributed by atoms with Gasteiger partial charge in [0.2, 0.25) is 0 Å². The standard InChI is InChI=1S/C9H19N.C2H6/c1-2-9(10)8-6-4-3-5-7-8;1-2/h8-9H,2-7,10H2,1H3;1-2H3. The quantitative estimate of drug-likeness (QED) is 0.677. The van der Waals surface area contributed by atoms with Crippen molar-refractivity contribution in [1.29, 1.82) is 0 Å². The van der Waals surface area contributed by atoms with Gasteiger partial charge >= 0.3 is 0 Å². The van der Waals surface area contributed by atoms with Gasteiger partial charge in [-0.25, -0.2) is 0 Å². The van der Waals surface area contributed by atoms with E-state index in [2.05, 4.69) is 6.92 Å². The number of hydrogen-bond donors (Lipinski definition) is 1. The van der Waals surface area contributed by atoms with Crippen molar-refractivity contribution in [2.75, 3.05) is 0 Å². The first-order valence-electron chi connectivity index (χ1n) is 5.60. The van der Waals surface area contributed by atoms with Crippen LogP contribution in [0, 0.1) is 5.92 Å². The summed E-state index contributed by atoms with van der Waals surface area (Å²) in [5.41, 5.74) is 5.95. The van der Waals surface area contributed by atoms with Crippen molar-refractivity contribution < 1.29 is 0 Å². The van der Waals surface area contributed by atoms with E-state index in [1.165, 1.54) is 32.1 Å². The highest BCUT2D eigenvalue weighted by Crippen LogP contribution is 2.26. The molecule has 1 rings (SSSR count). The summed E-state index contributed by atoms with van der Waals surface area (Å²) in [6.07, 6.45) is 8.19. The lowest BCUT2D eigenvalue weighted by Gasteiger charge is -2.26. The van der Waals surface area contributed by atoms with Crippen LogP contribution in [-0.4, -0.2) is 6.04 Å². The second kappa shape index (κ2) is 7.60. The molecule has 0 aromatic heterocycles. The van der Waals surface area contributed by atoms with E-state index < -0.39 is 0 Å². The van der Waals surface area contributed by atoms with E-state index in [1.54, 1.807) is 0 Å². The van der Waals surface area contributed by atoms with Gasteiger partial charge in [0, 0.05) is 6.04 Å². The Balaban J connectivity index is 0.000000561. The van der Waals surface area contributed by atoms with Gasteiger partial charge in [-0.2, -0.15) is 0 Å². The minimum Gasteiger partial charge on any atom is -0.327 e. The smallest absolute Gasteiger partial charge is 0.00645 e. The molecule has 0 heterocycles. The maximum atomic E-state index is 5.95. The first-order chi connectivity index (χ1) is 5.84. The van der Waals surface area contributed by atoms with Crippen LogP contribution in [0.2, 0.25) is 0 Å². The highest BCUT2D eigenvalue weighted by molar-refractivity contribution is 4.74. The molecule has 0 aromatic rings. The van der Waals surface area contributed by atoms with Crippen LogP contribution in [0.3, 0.4) is 0 Å². The predicted molar refractivity (Wildman–Crippen MR) is 56.2 cm³/mol. The van der Waals surface area contributed by atoms with Gasteiger partial charge < -0.3 is 5.73 Å². The molecule has 0 aromatic carbocycles. The minimum absolute atomic E-state index is 0.486. The zero-order valence-electron chi connectivity index (χ0n) is 8.97. The molecule has 0 saturated heterocycles. The third kappa shape index (κ3) is 4.10. The Bertz CT molecular complexity index is 85.0. The third-order valence-electron chi connectivity index (χ3n) is 2.73. The van der Waals surface area contributed by atoms with Gasteiger partial charge in [0.05, 0.1) is 0 Å². The monoisotopic (exact) mass is 171 g/mol. The summed E-state index contributed by atoms with van der Waals surface area (Å²) in [5.74, 6) is 0.846. The molecule has 0 amide bonds. The van der Waals surface area contributed by atoms with Crippen molar-refractivity contribution in [3.63, 3.8) is 0 Å². The second-order valence-electron chi connectivity index (χ2n) is 3.47. The van der Waals surface area contributed by atoms with Crippen molar-refractivity contribution in [2.45, 2.75) is 65.3 Å². The Morgan fingerprint density at radius 3 is 2.08 bits per heavy atom. The summed E-state index contributed by atoms with van der Waals surface area (Å²) in [6.45, 7) is 6.19. The molecule has 0 radical (unpaired) electrons. The molecular weight excluding hydrogens is 146 g/mol. The van der Waals surface area contributed by atoms with E-state index in [9.17, 15) is 0 Å². The van der Waals surface area contributed by atoms with Crippen LogP contribution >= 0.6 is 0 Å². The van der Waals surface area contributed by atoms with Crippen LogP contribution in [0.4, 0.5) is 0 Å². The number of hydrogen-bond acceptors (Lipinski definition) is 1. The molecule has 1 fully saturated rings. The molecule has 0 spiro atoms.